The summed E-state index contributed by atoms with van der Waals surface area (Å²) in [6, 6.07) is 16.1. The van der Waals surface area contributed by atoms with Crippen LogP contribution in [-0.4, -0.2) is 41.6 Å². The monoisotopic (exact) mass is 438 g/mol. The predicted molar refractivity (Wildman–Crippen MR) is 121 cm³/mol. The number of unbranched alkanes of at least 4 members (excludes halogenated alkanes) is 1. The Morgan fingerprint density at radius 3 is 2.50 bits per heavy atom. The first-order chi connectivity index (χ1) is 15.5. The summed E-state index contributed by atoms with van der Waals surface area (Å²) >= 11 is 0. The highest BCUT2D eigenvalue weighted by Crippen LogP contribution is 2.32. The smallest absolute Gasteiger partial charge is 0.410 e. The molecule has 1 atom stereocenters. The molecule has 1 unspecified atom stereocenters. The van der Waals surface area contributed by atoms with Crippen LogP contribution in [0.1, 0.15) is 55.5 Å². The van der Waals surface area contributed by atoms with E-state index in [9.17, 15) is 14.4 Å². The number of benzene rings is 2. The Morgan fingerprint density at radius 1 is 1.03 bits per heavy atom. The number of nitrogens with zero attached hydrogens (tertiary/aromatic N) is 1. The van der Waals surface area contributed by atoms with Gasteiger partial charge in [0.25, 0.3) is 0 Å². The van der Waals surface area contributed by atoms with Gasteiger partial charge in [-0.25, -0.2) is 9.59 Å². The van der Waals surface area contributed by atoms with Crippen LogP contribution in [0.15, 0.2) is 54.6 Å². The number of amides is 2. The second-order valence-corrected chi connectivity index (χ2v) is 8.06. The van der Waals surface area contributed by atoms with Crippen molar-refractivity contribution in [1.29, 1.82) is 0 Å². The summed E-state index contributed by atoms with van der Waals surface area (Å²) in [5, 5.41) is 2.83. The van der Waals surface area contributed by atoms with E-state index < -0.39 is 17.6 Å². The highest BCUT2D eigenvalue weighted by molar-refractivity contribution is 6.05. The standard InChI is InChI=1S/C25H30N2O5/c1-3-4-17-31-22(28)20-13-8-9-14-21(20)26-23(29)25(2)15-10-16-27(25)24(30)32-18-19-11-6-5-7-12-19/h5-9,11-14H,3-4,10,15-18H2,1-2H3,(H,26,29). The second-order valence-electron chi connectivity index (χ2n) is 8.06. The first kappa shape index (κ1) is 23.3. The molecule has 0 spiro atoms. The van der Waals surface area contributed by atoms with E-state index in [4.69, 9.17) is 9.47 Å². The fourth-order valence-electron chi connectivity index (χ4n) is 3.70. The largest absolute Gasteiger partial charge is 0.462 e. The number of nitrogens with one attached hydrogen (secondary N) is 1. The molecule has 0 radical (unpaired) electrons. The Kier molecular flexibility index (Phi) is 7.87. The third-order valence-electron chi connectivity index (χ3n) is 5.68. The lowest BCUT2D eigenvalue weighted by Crippen LogP contribution is -2.53. The molecule has 0 saturated carbocycles. The SMILES string of the molecule is CCCCOC(=O)c1ccccc1NC(=O)C1(C)CCCN1C(=O)OCc1ccccc1. The zero-order chi connectivity index (χ0) is 23.0. The van der Waals surface area contributed by atoms with E-state index in [1.54, 1.807) is 31.2 Å². The molecule has 7 heteroatoms. The maximum atomic E-state index is 13.2. The Hall–Kier alpha value is -3.35. The van der Waals surface area contributed by atoms with E-state index in [0.29, 0.717) is 31.7 Å². The molecule has 2 amide bonds. The lowest BCUT2D eigenvalue weighted by Gasteiger charge is -2.33. The fourth-order valence-corrected chi connectivity index (χ4v) is 3.70. The molecule has 2 aromatic carbocycles. The average molecular weight is 439 g/mol. The van der Waals surface area contributed by atoms with E-state index in [-0.39, 0.29) is 18.1 Å². The summed E-state index contributed by atoms with van der Waals surface area (Å²) < 4.78 is 10.8. The van der Waals surface area contributed by atoms with E-state index in [1.165, 1.54) is 4.90 Å². The van der Waals surface area contributed by atoms with Gasteiger partial charge in [0.1, 0.15) is 12.1 Å². The summed E-state index contributed by atoms with van der Waals surface area (Å²) in [6.07, 6.45) is 2.35. The van der Waals surface area contributed by atoms with Gasteiger partial charge in [0, 0.05) is 6.54 Å². The maximum absolute atomic E-state index is 13.2. The molecule has 3 rings (SSSR count). The molecule has 1 aliphatic rings. The van der Waals surface area contributed by atoms with Gasteiger partial charge in [-0.1, -0.05) is 55.8 Å². The van der Waals surface area contributed by atoms with Crippen molar-refractivity contribution in [2.75, 3.05) is 18.5 Å². The third-order valence-corrected chi connectivity index (χ3v) is 5.68. The zero-order valence-corrected chi connectivity index (χ0v) is 18.6. The molecule has 32 heavy (non-hydrogen) atoms. The Balaban J connectivity index is 1.68. The van der Waals surface area contributed by atoms with Gasteiger partial charge in [0.05, 0.1) is 17.9 Å². The molecule has 7 nitrogen and oxygen atoms in total. The topological polar surface area (TPSA) is 84.9 Å². The number of hydrogen-bond acceptors (Lipinski definition) is 5. The van der Waals surface area contributed by atoms with Crippen LogP contribution < -0.4 is 5.32 Å². The summed E-state index contributed by atoms with van der Waals surface area (Å²) in [5.74, 6) is -0.842. The van der Waals surface area contributed by atoms with Crippen LogP contribution in [0, 0.1) is 0 Å². The van der Waals surface area contributed by atoms with Gasteiger partial charge >= 0.3 is 12.1 Å². The number of para-hydroxylation sites is 1. The van der Waals surface area contributed by atoms with Crippen LogP contribution in [0.25, 0.3) is 0 Å². The Bertz CT molecular complexity index is 946. The summed E-state index contributed by atoms with van der Waals surface area (Å²) in [6.45, 7) is 4.64. The van der Waals surface area contributed by atoms with Crippen LogP contribution in [0.5, 0.6) is 0 Å². The lowest BCUT2D eigenvalue weighted by molar-refractivity contribution is -0.125. The van der Waals surface area contributed by atoms with Crippen molar-refractivity contribution in [1.82, 2.24) is 4.90 Å². The van der Waals surface area contributed by atoms with E-state index >= 15 is 0 Å². The zero-order valence-electron chi connectivity index (χ0n) is 18.6. The van der Waals surface area contributed by atoms with Crippen molar-refractivity contribution in [2.45, 2.75) is 51.7 Å². The van der Waals surface area contributed by atoms with Crippen molar-refractivity contribution in [2.24, 2.45) is 0 Å². The molecular formula is C25H30N2O5. The van der Waals surface area contributed by atoms with Gasteiger partial charge in [-0.2, -0.15) is 0 Å². The minimum absolute atomic E-state index is 0.139. The third kappa shape index (κ3) is 5.46. The van der Waals surface area contributed by atoms with Gasteiger partial charge in [0.2, 0.25) is 5.91 Å². The van der Waals surface area contributed by atoms with Gasteiger partial charge in [-0.05, 0) is 43.9 Å². The maximum Gasteiger partial charge on any atom is 0.410 e. The van der Waals surface area contributed by atoms with Crippen LogP contribution >= 0.6 is 0 Å². The van der Waals surface area contributed by atoms with E-state index in [1.807, 2.05) is 37.3 Å². The van der Waals surface area contributed by atoms with Gasteiger partial charge in [0.15, 0.2) is 0 Å². The molecule has 1 heterocycles. The van der Waals surface area contributed by atoms with Crippen LogP contribution in [0.3, 0.4) is 0 Å². The van der Waals surface area contributed by atoms with Crippen molar-refractivity contribution in [3.05, 3.63) is 65.7 Å². The number of carbonyl (C=O) groups is 3. The van der Waals surface area contributed by atoms with Gasteiger partial charge in [-0.3, -0.25) is 9.69 Å². The number of likely N-dealkylation sites (tertiary alicyclic amines) is 1. The van der Waals surface area contributed by atoms with Crippen molar-refractivity contribution in [3.63, 3.8) is 0 Å². The molecule has 170 valence electrons. The number of hydrogen-bond donors (Lipinski definition) is 1. The summed E-state index contributed by atoms with van der Waals surface area (Å²) in [7, 11) is 0. The second kappa shape index (κ2) is 10.8. The molecule has 1 saturated heterocycles. The van der Waals surface area contributed by atoms with E-state index in [0.717, 1.165) is 18.4 Å². The highest BCUT2D eigenvalue weighted by Gasteiger charge is 2.46. The lowest BCUT2D eigenvalue weighted by atomic mass is 9.97. The number of rotatable bonds is 8. The van der Waals surface area contributed by atoms with Crippen LogP contribution in [0.4, 0.5) is 10.5 Å². The molecule has 1 aliphatic heterocycles. The Labute approximate surface area is 188 Å². The minimum Gasteiger partial charge on any atom is -0.462 e. The fraction of sp³-hybridized carbons (Fsp3) is 0.400. The first-order valence-electron chi connectivity index (χ1n) is 11.0. The average Bonchev–Trinajstić information content (AvgIpc) is 3.21. The predicted octanol–water partition coefficient (Wildman–Crippen LogP) is 4.77. The molecule has 0 aliphatic carbocycles. The number of anilines is 1. The minimum atomic E-state index is -1.08. The normalized spacial score (nSPS) is 17.6. The van der Waals surface area contributed by atoms with Crippen LogP contribution in [-0.2, 0) is 20.9 Å². The molecular weight excluding hydrogens is 408 g/mol. The van der Waals surface area contributed by atoms with Crippen molar-refractivity contribution < 1.29 is 23.9 Å². The number of esters is 1. The summed E-state index contributed by atoms with van der Waals surface area (Å²) in [4.78, 5) is 39.9. The molecule has 1 N–H and O–H groups in total. The van der Waals surface area contributed by atoms with E-state index in [2.05, 4.69) is 5.32 Å². The summed E-state index contributed by atoms with van der Waals surface area (Å²) in [5.41, 5.74) is 0.454. The van der Waals surface area contributed by atoms with Gasteiger partial charge < -0.3 is 14.8 Å². The highest BCUT2D eigenvalue weighted by atomic mass is 16.6. The quantitative estimate of drug-likeness (QED) is 0.474. The molecule has 0 bridgehead atoms. The Morgan fingerprint density at radius 2 is 1.75 bits per heavy atom. The molecule has 1 fully saturated rings. The van der Waals surface area contributed by atoms with Gasteiger partial charge in [-0.15, -0.1) is 0 Å². The van der Waals surface area contributed by atoms with Crippen molar-refractivity contribution >= 4 is 23.7 Å². The number of ether oxygens (including phenoxy) is 2. The molecule has 2 aromatic rings. The van der Waals surface area contributed by atoms with Crippen molar-refractivity contribution in [3.8, 4) is 0 Å². The molecule has 0 aromatic heterocycles. The first-order valence-corrected chi connectivity index (χ1v) is 11.0. The van der Waals surface area contributed by atoms with Crippen LogP contribution in [0.2, 0.25) is 0 Å². The number of carbonyl (C=O) groups excluding carboxylic acids is 3.